The smallest absolute Gasteiger partial charge is 0.227 e. The van der Waals surface area contributed by atoms with Crippen LogP contribution in [0.15, 0.2) is 36.4 Å². The molecule has 1 unspecified atom stereocenters. The lowest BCUT2D eigenvalue weighted by Crippen LogP contribution is -2.44. The highest BCUT2D eigenvalue weighted by atomic mass is 35.5. The van der Waals surface area contributed by atoms with Gasteiger partial charge in [-0.15, -0.1) is 12.4 Å². The topological polar surface area (TPSA) is 74.0 Å². The minimum absolute atomic E-state index is 0. The number of amides is 1. The van der Waals surface area contributed by atoms with E-state index in [0.717, 1.165) is 36.3 Å². The first-order valence-electron chi connectivity index (χ1n) is 11.2. The fourth-order valence-electron chi connectivity index (χ4n) is 4.13. The Balaban J connectivity index is 0.00000408. The van der Waals surface area contributed by atoms with Gasteiger partial charge in [-0.05, 0) is 61.6 Å². The van der Waals surface area contributed by atoms with Gasteiger partial charge in [-0.2, -0.15) is 0 Å². The second kappa shape index (κ2) is 14.0. The first kappa shape index (κ1) is 28.5. The zero-order chi connectivity index (χ0) is 23.8. The number of carbonyl (C=O) groups excluding carboxylic acids is 1. The van der Waals surface area contributed by atoms with E-state index in [2.05, 4.69) is 0 Å². The van der Waals surface area contributed by atoms with Gasteiger partial charge >= 0.3 is 0 Å². The van der Waals surface area contributed by atoms with E-state index in [1.54, 1.807) is 7.11 Å². The highest BCUT2D eigenvalue weighted by molar-refractivity contribution is 6.37. The molecule has 1 fully saturated rings. The Labute approximate surface area is 218 Å². The Hall–Kier alpha value is -1.70. The molecule has 2 N–H and O–H groups in total. The van der Waals surface area contributed by atoms with Gasteiger partial charge in [0.2, 0.25) is 5.91 Å². The summed E-state index contributed by atoms with van der Waals surface area (Å²) >= 11 is 12.4. The Morgan fingerprint density at radius 1 is 1.15 bits per heavy atom. The third kappa shape index (κ3) is 7.65. The maximum absolute atomic E-state index is 13.0. The fourth-order valence-corrected chi connectivity index (χ4v) is 4.84. The third-order valence-corrected chi connectivity index (χ3v) is 6.36. The molecule has 1 aliphatic rings. The summed E-state index contributed by atoms with van der Waals surface area (Å²) in [5.74, 6) is 1.06. The molecule has 2 aromatic carbocycles. The molecule has 2 aromatic rings. The van der Waals surface area contributed by atoms with Gasteiger partial charge in [-0.1, -0.05) is 35.3 Å². The number of ether oxygens (including phenoxy) is 3. The summed E-state index contributed by atoms with van der Waals surface area (Å²) in [4.78, 5) is 15.0. The molecule has 1 saturated heterocycles. The predicted octanol–water partition coefficient (Wildman–Crippen LogP) is 4.94. The largest absolute Gasteiger partial charge is 0.490 e. The van der Waals surface area contributed by atoms with Crippen molar-refractivity contribution in [1.29, 1.82) is 0 Å². The van der Waals surface area contributed by atoms with E-state index in [1.165, 1.54) is 0 Å². The minimum atomic E-state index is -0.244. The van der Waals surface area contributed by atoms with Crippen LogP contribution in [-0.2, 0) is 16.0 Å². The lowest BCUT2D eigenvalue weighted by molar-refractivity contribution is -0.136. The SMILES string of the molecule is COCC1CCCN1C(=O)[C@H](CN)Cc1ccc(OCCOc2c(Cl)cc(C)cc2Cl)cc1.Cl. The van der Waals surface area contributed by atoms with Crippen LogP contribution in [0.3, 0.4) is 0 Å². The number of hydrogen-bond donors (Lipinski definition) is 1. The average Bonchev–Trinajstić information content (AvgIpc) is 3.25. The summed E-state index contributed by atoms with van der Waals surface area (Å²) in [5, 5.41) is 0.964. The van der Waals surface area contributed by atoms with Crippen molar-refractivity contribution in [3.63, 3.8) is 0 Å². The van der Waals surface area contributed by atoms with Crippen molar-refractivity contribution in [2.24, 2.45) is 11.7 Å². The molecule has 0 saturated carbocycles. The Morgan fingerprint density at radius 2 is 1.79 bits per heavy atom. The summed E-state index contributed by atoms with van der Waals surface area (Å²) < 4.78 is 16.7. The minimum Gasteiger partial charge on any atom is -0.490 e. The molecule has 2 atom stereocenters. The number of likely N-dealkylation sites (tertiary alicyclic amines) is 1. The van der Waals surface area contributed by atoms with Crippen LogP contribution >= 0.6 is 35.6 Å². The van der Waals surface area contributed by atoms with Gasteiger partial charge in [0.25, 0.3) is 0 Å². The maximum atomic E-state index is 13.0. The van der Waals surface area contributed by atoms with E-state index >= 15 is 0 Å². The van der Waals surface area contributed by atoms with Crippen molar-refractivity contribution < 1.29 is 19.0 Å². The lowest BCUT2D eigenvalue weighted by Gasteiger charge is -2.28. The second-order valence-corrected chi connectivity index (χ2v) is 9.13. The molecule has 0 radical (unpaired) electrons. The molecule has 1 amide bonds. The quantitative estimate of drug-likeness (QED) is 0.416. The number of hydrogen-bond acceptors (Lipinski definition) is 5. The molecule has 9 heteroatoms. The van der Waals surface area contributed by atoms with Crippen LogP contribution in [0, 0.1) is 12.8 Å². The molecule has 1 aliphatic heterocycles. The van der Waals surface area contributed by atoms with Crippen molar-refractivity contribution in [3.05, 3.63) is 57.6 Å². The summed E-state index contributed by atoms with van der Waals surface area (Å²) in [6, 6.07) is 11.5. The maximum Gasteiger partial charge on any atom is 0.227 e. The van der Waals surface area contributed by atoms with E-state index in [4.69, 9.17) is 43.1 Å². The van der Waals surface area contributed by atoms with Crippen molar-refractivity contribution >= 4 is 41.5 Å². The van der Waals surface area contributed by atoms with E-state index in [9.17, 15) is 4.79 Å². The molecule has 6 nitrogen and oxygen atoms in total. The number of nitrogens with two attached hydrogens (primary N) is 1. The van der Waals surface area contributed by atoms with Gasteiger partial charge in [0.1, 0.15) is 19.0 Å². The van der Waals surface area contributed by atoms with Gasteiger partial charge in [0.05, 0.1) is 28.6 Å². The van der Waals surface area contributed by atoms with Gasteiger partial charge < -0.3 is 24.8 Å². The van der Waals surface area contributed by atoms with Crippen LogP contribution < -0.4 is 15.2 Å². The molecule has 0 spiro atoms. The van der Waals surface area contributed by atoms with Gasteiger partial charge in [0, 0.05) is 20.2 Å². The van der Waals surface area contributed by atoms with Crippen LogP contribution in [0.1, 0.15) is 24.0 Å². The van der Waals surface area contributed by atoms with E-state index < -0.39 is 0 Å². The first-order valence-corrected chi connectivity index (χ1v) is 12.0. The molecule has 34 heavy (non-hydrogen) atoms. The summed E-state index contributed by atoms with van der Waals surface area (Å²) in [6.07, 6.45) is 2.59. The predicted molar refractivity (Wildman–Crippen MR) is 139 cm³/mol. The Bertz CT molecular complexity index is 904. The monoisotopic (exact) mass is 530 g/mol. The van der Waals surface area contributed by atoms with Crippen LogP contribution in [0.4, 0.5) is 0 Å². The number of halogens is 3. The molecular weight excluding hydrogens is 499 g/mol. The molecular formula is C25H33Cl3N2O4. The third-order valence-electron chi connectivity index (χ3n) is 5.80. The molecule has 0 bridgehead atoms. The second-order valence-electron chi connectivity index (χ2n) is 8.32. The molecule has 0 aliphatic carbocycles. The van der Waals surface area contributed by atoms with Crippen LogP contribution in [0.25, 0.3) is 0 Å². The molecule has 1 heterocycles. The zero-order valence-electron chi connectivity index (χ0n) is 19.6. The number of rotatable bonds is 11. The number of nitrogens with zero attached hydrogens (tertiary/aromatic N) is 1. The van der Waals surface area contributed by atoms with Crippen molar-refractivity contribution in [2.75, 3.05) is 40.0 Å². The van der Waals surface area contributed by atoms with E-state index in [0.29, 0.717) is 48.6 Å². The van der Waals surface area contributed by atoms with Gasteiger partial charge in [0.15, 0.2) is 5.75 Å². The van der Waals surface area contributed by atoms with Gasteiger partial charge in [-0.3, -0.25) is 4.79 Å². The zero-order valence-corrected chi connectivity index (χ0v) is 21.9. The number of methoxy groups -OCH3 is 1. The lowest BCUT2D eigenvalue weighted by atomic mass is 9.97. The molecule has 0 aromatic heterocycles. The Kier molecular flexibility index (Phi) is 11.8. The fraction of sp³-hybridized carbons (Fsp3) is 0.480. The number of carbonyl (C=O) groups is 1. The van der Waals surface area contributed by atoms with Crippen molar-refractivity contribution in [3.8, 4) is 11.5 Å². The summed E-state index contributed by atoms with van der Waals surface area (Å²) in [5.41, 5.74) is 7.98. The highest BCUT2D eigenvalue weighted by Gasteiger charge is 2.32. The van der Waals surface area contributed by atoms with Crippen LogP contribution in [0.5, 0.6) is 11.5 Å². The molecule has 3 rings (SSSR count). The van der Waals surface area contributed by atoms with Gasteiger partial charge in [-0.25, -0.2) is 0 Å². The highest BCUT2D eigenvalue weighted by Crippen LogP contribution is 2.34. The Morgan fingerprint density at radius 3 is 2.41 bits per heavy atom. The number of benzene rings is 2. The first-order chi connectivity index (χ1) is 15.9. The summed E-state index contributed by atoms with van der Waals surface area (Å²) in [7, 11) is 1.67. The number of aryl methyl sites for hydroxylation is 1. The molecule has 188 valence electrons. The van der Waals surface area contributed by atoms with Crippen LogP contribution in [0.2, 0.25) is 10.0 Å². The normalized spacial score (nSPS) is 16.1. The summed E-state index contributed by atoms with van der Waals surface area (Å²) in [6.45, 7) is 4.24. The van der Waals surface area contributed by atoms with Crippen molar-refractivity contribution in [1.82, 2.24) is 4.90 Å². The average molecular weight is 532 g/mol. The van der Waals surface area contributed by atoms with E-state index in [-0.39, 0.29) is 30.3 Å². The standard InChI is InChI=1S/C25H32Cl2N2O4.ClH/c1-17-12-22(26)24(23(27)13-17)33-11-10-32-21-7-5-18(6-8-21)14-19(15-28)25(30)29-9-3-4-20(29)16-31-2;/h5-8,12-13,19-20H,3-4,9-11,14-16,28H2,1-2H3;1H/t19-,20?;/m0./s1. The van der Waals surface area contributed by atoms with Crippen LogP contribution in [-0.4, -0.2) is 56.9 Å². The van der Waals surface area contributed by atoms with Crippen molar-refractivity contribution in [2.45, 2.75) is 32.2 Å². The van der Waals surface area contributed by atoms with E-state index in [1.807, 2.05) is 48.2 Å².